The number of aliphatic carboxylic acids is 1. The Morgan fingerprint density at radius 3 is 2.43 bits per heavy atom. The zero-order valence-corrected chi connectivity index (χ0v) is 16.5. The second-order valence-corrected chi connectivity index (χ2v) is 8.68. The van der Waals surface area contributed by atoms with E-state index in [-0.39, 0.29) is 12.2 Å². The van der Waals surface area contributed by atoms with E-state index in [0.717, 1.165) is 16.3 Å². The van der Waals surface area contributed by atoms with Crippen molar-refractivity contribution in [1.82, 2.24) is 0 Å². The number of hydrogen-bond donors (Lipinski definition) is 2. The lowest BCUT2D eigenvalue weighted by Gasteiger charge is -2.24. The van der Waals surface area contributed by atoms with E-state index in [1.807, 2.05) is 49.4 Å². The van der Waals surface area contributed by atoms with E-state index in [0.29, 0.717) is 18.4 Å². The lowest BCUT2D eigenvalue weighted by Crippen LogP contribution is -2.08. The molecular formula is C22H23O5P. The van der Waals surface area contributed by atoms with Crippen molar-refractivity contribution in [1.29, 1.82) is 0 Å². The lowest BCUT2D eigenvalue weighted by molar-refractivity contribution is -0.136. The molecule has 0 fully saturated rings. The molecule has 3 rings (SSSR count). The second-order valence-electron chi connectivity index (χ2n) is 6.74. The molecule has 3 aromatic rings. The van der Waals surface area contributed by atoms with Crippen LogP contribution in [0.1, 0.15) is 36.6 Å². The Morgan fingerprint density at radius 1 is 1.04 bits per heavy atom. The summed E-state index contributed by atoms with van der Waals surface area (Å²) in [7, 11) is -4.10. The molecular weight excluding hydrogens is 375 g/mol. The first-order valence-electron chi connectivity index (χ1n) is 9.21. The van der Waals surface area contributed by atoms with Crippen molar-refractivity contribution in [3.8, 4) is 5.75 Å². The number of rotatable bonds is 8. The van der Waals surface area contributed by atoms with Crippen LogP contribution in [0.3, 0.4) is 0 Å². The molecule has 6 heteroatoms. The molecule has 0 bridgehead atoms. The fourth-order valence-corrected chi connectivity index (χ4v) is 5.02. The van der Waals surface area contributed by atoms with Gasteiger partial charge in [-0.15, -0.1) is 0 Å². The van der Waals surface area contributed by atoms with Crippen molar-refractivity contribution < 1.29 is 23.9 Å². The van der Waals surface area contributed by atoms with E-state index in [9.17, 15) is 14.3 Å². The second kappa shape index (κ2) is 8.59. The maximum absolute atomic E-state index is 13.2. The Labute approximate surface area is 164 Å². The zero-order valence-electron chi connectivity index (χ0n) is 15.6. The van der Waals surface area contributed by atoms with Crippen LogP contribution in [0.2, 0.25) is 0 Å². The van der Waals surface area contributed by atoms with Gasteiger partial charge in [-0.3, -0.25) is 4.79 Å². The summed E-state index contributed by atoms with van der Waals surface area (Å²) < 4.78 is 18.8. The summed E-state index contributed by atoms with van der Waals surface area (Å²) in [6.07, 6.45) is 0.917. The molecule has 0 radical (unpaired) electrons. The van der Waals surface area contributed by atoms with Gasteiger partial charge in [0.05, 0.1) is 12.1 Å². The highest BCUT2D eigenvalue weighted by Gasteiger charge is 2.35. The third-order valence-electron chi connectivity index (χ3n) is 4.66. The number of hydrogen-bond acceptors (Lipinski definition) is 3. The molecule has 0 aliphatic heterocycles. The molecule has 2 N–H and O–H groups in total. The maximum atomic E-state index is 13.2. The molecule has 0 saturated heterocycles. The fraction of sp³-hybridized carbons (Fsp3) is 0.227. The molecule has 0 aliphatic rings. The molecule has 0 aromatic heterocycles. The number of carboxylic acid groups (broad SMARTS) is 1. The van der Waals surface area contributed by atoms with Crippen molar-refractivity contribution in [3.63, 3.8) is 0 Å². The fourth-order valence-electron chi connectivity index (χ4n) is 3.31. The van der Waals surface area contributed by atoms with Crippen molar-refractivity contribution in [3.05, 3.63) is 77.9 Å². The van der Waals surface area contributed by atoms with Gasteiger partial charge in [0.2, 0.25) is 0 Å². The monoisotopic (exact) mass is 398 g/mol. The smallest absolute Gasteiger partial charge is 0.384 e. The van der Waals surface area contributed by atoms with E-state index >= 15 is 0 Å². The first-order valence-corrected chi connectivity index (χ1v) is 10.9. The van der Waals surface area contributed by atoms with Crippen LogP contribution in [0.15, 0.2) is 66.7 Å². The van der Waals surface area contributed by atoms with Crippen LogP contribution in [0.4, 0.5) is 0 Å². The lowest BCUT2D eigenvalue weighted by atomic mass is 10.0. The highest BCUT2D eigenvalue weighted by Crippen LogP contribution is 2.58. The van der Waals surface area contributed by atoms with Crippen LogP contribution in [0.5, 0.6) is 5.75 Å². The molecule has 0 spiro atoms. The van der Waals surface area contributed by atoms with E-state index in [2.05, 4.69) is 0 Å². The third kappa shape index (κ3) is 4.61. The van der Waals surface area contributed by atoms with Crippen molar-refractivity contribution >= 4 is 24.3 Å². The van der Waals surface area contributed by atoms with Crippen molar-refractivity contribution in [2.75, 3.05) is 0 Å². The first-order chi connectivity index (χ1) is 13.4. The minimum atomic E-state index is -4.10. The molecule has 2 atom stereocenters. The largest absolute Gasteiger partial charge is 0.481 e. The van der Waals surface area contributed by atoms with E-state index < -0.39 is 19.2 Å². The van der Waals surface area contributed by atoms with Gasteiger partial charge in [0.1, 0.15) is 5.75 Å². The first kappa shape index (κ1) is 20.1. The molecule has 2 unspecified atom stereocenters. The minimum absolute atomic E-state index is 0.137. The standard InChI is InChI=1S/C22H23O5P/c1-2-7-21(19-13-12-16-8-3-4-9-17(16)14-19)28(25,26)27-20-11-6-5-10-18(20)15-22(23)24/h3-6,8-14,21H,2,7,15H2,1H3,(H,23,24)(H,25,26). The van der Waals surface area contributed by atoms with Crippen LogP contribution in [0, 0.1) is 0 Å². The summed E-state index contributed by atoms with van der Waals surface area (Å²) in [6.45, 7) is 1.95. The highest BCUT2D eigenvalue weighted by molar-refractivity contribution is 7.53. The van der Waals surface area contributed by atoms with Crippen LogP contribution in [-0.2, 0) is 15.8 Å². The quantitative estimate of drug-likeness (QED) is 0.485. The molecule has 0 amide bonds. The van der Waals surface area contributed by atoms with Gasteiger partial charge in [0.25, 0.3) is 0 Å². The summed E-state index contributed by atoms with van der Waals surface area (Å²) in [5.41, 5.74) is 0.417. The predicted octanol–water partition coefficient (Wildman–Crippen LogP) is 5.57. The Hall–Kier alpha value is -2.62. The molecule has 5 nitrogen and oxygen atoms in total. The number of carbonyl (C=O) groups is 1. The number of fused-ring (bicyclic) bond motifs is 1. The average Bonchev–Trinajstić information content (AvgIpc) is 2.66. The van der Waals surface area contributed by atoms with Gasteiger partial charge >= 0.3 is 13.6 Å². The van der Waals surface area contributed by atoms with Gasteiger partial charge in [0, 0.05) is 5.56 Å². The van der Waals surface area contributed by atoms with E-state index in [1.54, 1.807) is 18.2 Å². The summed E-state index contributed by atoms with van der Waals surface area (Å²) in [5, 5.41) is 11.1. The Bertz CT molecular complexity index is 1030. The average molecular weight is 398 g/mol. The van der Waals surface area contributed by atoms with E-state index in [1.165, 1.54) is 6.07 Å². The van der Waals surface area contributed by atoms with Gasteiger partial charge in [-0.1, -0.05) is 74.0 Å². The molecule has 28 heavy (non-hydrogen) atoms. The topological polar surface area (TPSA) is 83.8 Å². The van der Waals surface area contributed by atoms with E-state index in [4.69, 9.17) is 9.63 Å². The van der Waals surface area contributed by atoms with Crippen LogP contribution in [-0.4, -0.2) is 16.0 Å². The molecule has 0 aliphatic carbocycles. The Kier molecular flexibility index (Phi) is 6.18. The summed E-state index contributed by atoms with van der Waals surface area (Å²) in [4.78, 5) is 21.9. The zero-order chi connectivity index (χ0) is 20.1. The highest BCUT2D eigenvalue weighted by atomic mass is 31.2. The van der Waals surface area contributed by atoms with Gasteiger partial charge in [-0.25, -0.2) is 4.57 Å². The van der Waals surface area contributed by atoms with Crippen molar-refractivity contribution in [2.45, 2.75) is 31.8 Å². The van der Waals surface area contributed by atoms with Crippen molar-refractivity contribution in [2.24, 2.45) is 0 Å². The molecule has 146 valence electrons. The molecule has 0 heterocycles. The third-order valence-corrected chi connectivity index (χ3v) is 6.46. The number of benzene rings is 3. The maximum Gasteiger partial charge on any atom is 0.384 e. The summed E-state index contributed by atoms with van der Waals surface area (Å²) in [5.74, 6) is -0.888. The van der Waals surface area contributed by atoms with Gasteiger partial charge in [0.15, 0.2) is 0 Å². The normalized spacial score (nSPS) is 14.4. The Morgan fingerprint density at radius 2 is 1.71 bits per heavy atom. The summed E-state index contributed by atoms with van der Waals surface area (Å²) in [6, 6.07) is 20.0. The van der Waals surface area contributed by atoms with Crippen LogP contribution >= 0.6 is 7.60 Å². The van der Waals surface area contributed by atoms with Crippen LogP contribution in [0.25, 0.3) is 10.8 Å². The molecule has 0 saturated carbocycles. The minimum Gasteiger partial charge on any atom is -0.481 e. The Balaban J connectivity index is 1.96. The van der Waals surface area contributed by atoms with Crippen LogP contribution < -0.4 is 4.52 Å². The van der Waals surface area contributed by atoms with Gasteiger partial charge < -0.3 is 14.5 Å². The summed E-state index contributed by atoms with van der Waals surface area (Å²) >= 11 is 0. The number of para-hydroxylation sites is 1. The molecule has 3 aromatic carbocycles. The van der Waals surface area contributed by atoms with Gasteiger partial charge in [-0.2, -0.15) is 0 Å². The number of carboxylic acids is 1. The SMILES string of the molecule is CCCC(c1ccc2ccccc2c1)P(=O)(O)Oc1ccccc1CC(=O)O. The van der Waals surface area contributed by atoms with Gasteiger partial charge in [-0.05, 0) is 28.8 Å². The predicted molar refractivity (Wildman–Crippen MR) is 110 cm³/mol.